The largest absolute Gasteiger partial charge is 0.497 e. The van der Waals surface area contributed by atoms with Crippen LogP contribution in [0.3, 0.4) is 0 Å². The molecule has 2 atom stereocenters. The highest BCUT2D eigenvalue weighted by molar-refractivity contribution is 6.27. The maximum atomic E-state index is 12.6. The lowest BCUT2D eigenvalue weighted by molar-refractivity contribution is -0.130. The zero-order chi connectivity index (χ0) is 21.1. The van der Waals surface area contributed by atoms with E-state index in [1.54, 1.807) is 19.2 Å². The van der Waals surface area contributed by atoms with E-state index in [1.807, 2.05) is 48.5 Å². The summed E-state index contributed by atoms with van der Waals surface area (Å²) in [5.41, 5.74) is 4.32. The maximum Gasteiger partial charge on any atom is 0.258 e. The van der Waals surface area contributed by atoms with Crippen molar-refractivity contribution in [3.63, 3.8) is 0 Å². The minimum Gasteiger partial charge on any atom is -0.497 e. The average Bonchev–Trinajstić information content (AvgIpc) is 3.20. The number of carbonyl (C=O) groups excluding carboxylic acids is 1. The molecule has 1 aliphatic carbocycles. The van der Waals surface area contributed by atoms with Gasteiger partial charge in [0.05, 0.1) is 26.0 Å². The molecular weight excluding hydrogens is 400 g/mol. The normalized spacial score (nSPS) is 21.9. The highest BCUT2D eigenvalue weighted by Crippen LogP contribution is 2.44. The Labute approximate surface area is 181 Å². The van der Waals surface area contributed by atoms with Gasteiger partial charge in [0, 0.05) is 5.92 Å². The van der Waals surface area contributed by atoms with Gasteiger partial charge in [-0.2, -0.15) is 5.10 Å². The van der Waals surface area contributed by atoms with Crippen molar-refractivity contribution in [3.8, 4) is 11.5 Å². The fourth-order valence-electron chi connectivity index (χ4n) is 4.30. The molecule has 30 heavy (non-hydrogen) atoms. The average molecular weight is 425 g/mol. The lowest BCUT2D eigenvalue weighted by atomic mass is 9.77. The molecule has 0 saturated heterocycles. The van der Waals surface area contributed by atoms with Gasteiger partial charge in [0.25, 0.3) is 5.91 Å². The van der Waals surface area contributed by atoms with Crippen LogP contribution in [0.15, 0.2) is 59.2 Å². The Balaban J connectivity index is 1.69. The van der Waals surface area contributed by atoms with E-state index in [9.17, 15) is 4.79 Å². The highest BCUT2D eigenvalue weighted by atomic mass is 35.5. The number of alkyl halides is 1. The Morgan fingerprint density at radius 3 is 2.33 bits per heavy atom. The second kappa shape index (κ2) is 8.92. The number of hydrogen-bond acceptors (Lipinski definition) is 4. The summed E-state index contributed by atoms with van der Waals surface area (Å²) in [4.78, 5) is 12.6. The molecule has 1 amide bonds. The molecule has 156 valence electrons. The molecule has 0 bridgehead atoms. The van der Waals surface area contributed by atoms with E-state index in [4.69, 9.17) is 26.2 Å². The van der Waals surface area contributed by atoms with Crippen LogP contribution in [-0.2, 0) is 4.79 Å². The van der Waals surface area contributed by atoms with Gasteiger partial charge in [0.15, 0.2) is 0 Å². The summed E-state index contributed by atoms with van der Waals surface area (Å²) in [6, 6.07) is 15.7. The van der Waals surface area contributed by atoms with Crippen molar-refractivity contribution in [3.05, 3.63) is 65.2 Å². The van der Waals surface area contributed by atoms with E-state index in [2.05, 4.69) is 6.08 Å². The van der Waals surface area contributed by atoms with Crippen LogP contribution in [0.2, 0.25) is 0 Å². The van der Waals surface area contributed by atoms with E-state index in [0.717, 1.165) is 47.6 Å². The summed E-state index contributed by atoms with van der Waals surface area (Å²) in [7, 11) is 3.31. The number of nitrogens with zero attached hydrogens (tertiary/aromatic N) is 2. The van der Waals surface area contributed by atoms with Gasteiger partial charge in [-0.3, -0.25) is 4.79 Å². The van der Waals surface area contributed by atoms with Crippen LogP contribution in [0.25, 0.3) is 6.08 Å². The first kappa shape index (κ1) is 20.5. The molecule has 2 unspecified atom stereocenters. The van der Waals surface area contributed by atoms with E-state index in [-0.39, 0.29) is 23.7 Å². The summed E-state index contributed by atoms with van der Waals surface area (Å²) >= 11 is 5.92. The maximum absolute atomic E-state index is 12.6. The number of carbonyl (C=O) groups is 1. The molecule has 5 nitrogen and oxygen atoms in total. The Morgan fingerprint density at radius 2 is 1.73 bits per heavy atom. The topological polar surface area (TPSA) is 51.1 Å². The third-order valence-electron chi connectivity index (χ3n) is 5.79. The van der Waals surface area contributed by atoms with Crippen molar-refractivity contribution in [1.82, 2.24) is 5.01 Å². The van der Waals surface area contributed by atoms with Crippen LogP contribution in [0.4, 0.5) is 0 Å². The monoisotopic (exact) mass is 424 g/mol. The first-order valence-electron chi connectivity index (χ1n) is 10.1. The van der Waals surface area contributed by atoms with Crippen LogP contribution in [-0.4, -0.2) is 36.7 Å². The zero-order valence-corrected chi connectivity index (χ0v) is 17.9. The zero-order valence-electron chi connectivity index (χ0n) is 17.2. The van der Waals surface area contributed by atoms with Crippen molar-refractivity contribution in [2.24, 2.45) is 11.0 Å². The number of methoxy groups -OCH3 is 2. The summed E-state index contributed by atoms with van der Waals surface area (Å²) < 4.78 is 10.5. The molecular formula is C24H25ClN2O3. The van der Waals surface area contributed by atoms with Crippen molar-refractivity contribution >= 4 is 29.3 Å². The Bertz CT molecular complexity index is 967. The number of fused-ring (bicyclic) bond motifs is 1. The molecule has 1 saturated carbocycles. The summed E-state index contributed by atoms with van der Waals surface area (Å²) in [6.45, 7) is 0. The van der Waals surface area contributed by atoms with Gasteiger partial charge in [-0.15, -0.1) is 11.6 Å². The lowest BCUT2D eigenvalue weighted by Gasteiger charge is -2.29. The molecule has 1 heterocycles. The second-order valence-electron chi connectivity index (χ2n) is 7.52. The van der Waals surface area contributed by atoms with Gasteiger partial charge in [0.2, 0.25) is 0 Å². The number of ether oxygens (including phenoxy) is 2. The molecule has 6 heteroatoms. The minimum atomic E-state index is -0.178. The number of benzene rings is 2. The fourth-order valence-corrected chi connectivity index (χ4v) is 4.43. The molecule has 0 radical (unpaired) electrons. The first-order chi connectivity index (χ1) is 14.6. The molecule has 1 fully saturated rings. The molecule has 0 aromatic heterocycles. The van der Waals surface area contributed by atoms with E-state index < -0.39 is 0 Å². The molecule has 2 aromatic carbocycles. The third kappa shape index (κ3) is 3.94. The summed E-state index contributed by atoms with van der Waals surface area (Å²) in [5, 5.41) is 6.37. The molecule has 0 N–H and O–H groups in total. The van der Waals surface area contributed by atoms with Crippen LogP contribution < -0.4 is 9.47 Å². The van der Waals surface area contributed by atoms with E-state index in [1.165, 1.54) is 5.57 Å². The number of rotatable bonds is 5. The van der Waals surface area contributed by atoms with Crippen LogP contribution >= 0.6 is 11.6 Å². The third-order valence-corrected chi connectivity index (χ3v) is 6.01. The second-order valence-corrected chi connectivity index (χ2v) is 7.78. The van der Waals surface area contributed by atoms with Crippen molar-refractivity contribution in [1.29, 1.82) is 0 Å². The van der Waals surface area contributed by atoms with Gasteiger partial charge >= 0.3 is 0 Å². The van der Waals surface area contributed by atoms with Gasteiger partial charge < -0.3 is 9.47 Å². The first-order valence-corrected chi connectivity index (χ1v) is 10.6. The molecule has 2 aliphatic rings. The Hall–Kier alpha value is -2.79. The standard InChI is InChI=1S/C24H25ClN2O3/c1-29-19-10-6-16(7-11-19)14-18-4-3-5-21-23(18)26-27(22(28)15-25)24(21)17-8-12-20(30-2)13-9-17/h6-14,21,24H,3-5,15H2,1-2H3/b18-14+. The number of amides is 1. The van der Waals surface area contributed by atoms with Crippen molar-refractivity contribution < 1.29 is 14.3 Å². The smallest absolute Gasteiger partial charge is 0.258 e. The van der Waals surface area contributed by atoms with Crippen molar-refractivity contribution in [2.75, 3.05) is 20.1 Å². The SMILES string of the molecule is COc1ccc(/C=C2\CCCC3C2=NN(C(=O)CCl)C3c2ccc(OC)cc2)cc1. The van der Waals surface area contributed by atoms with Crippen LogP contribution in [0, 0.1) is 5.92 Å². The molecule has 4 rings (SSSR count). The fraction of sp³-hybridized carbons (Fsp3) is 0.333. The van der Waals surface area contributed by atoms with Crippen LogP contribution in [0.5, 0.6) is 11.5 Å². The lowest BCUT2D eigenvalue weighted by Crippen LogP contribution is -2.32. The predicted molar refractivity (Wildman–Crippen MR) is 119 cm³/mol. The number of hydrazone groups is 1. The van der Waals surface area contributed by atoms with Gasteiger partial charge in [0.1, 0.15) is 17.4 Å². The number of halogens is 1. The van der Waals surface area contributed by atoms with E-state index >= 15 is 0 Å². The Morgan fingerprint density at radius 1 is 1.10 bits per heavy atom. The van der Waals surface area contributed by atoms with Gasteiger partial charge in [-0.1, -0.05) is 24.3 Å². The van der Waals surface area contributed by atoms with Crippen LogP contribution in [0.1, 0.15) is 36.4 Å². The molecule has 2 aromatic rings. The van der Waals surface area contributed by atoms with E-state index in [0.29, 0.717) is 0 Å². The quantitative estimate of drug-likeness (QED) is 0.630. The summed E-state index contributed by atoms with van der Waals surface area (Å²) in [5.74, 6) is 1.51. The summed E-state index contributed by atoms with van der Waals surface area (Å²) in [6.07, 6.45) is 5.16. The molecule has 1 aliphatic heterocycles. The minimum absolute atomic E-state index is 0.0896. The Kier molecular flexibility index (Phi) is 6.09. The molecule has 0 spiro atoms. The van der Waals surface area contributed by atoms with Crippen molar-refractivity contribution in [2.45, 2.75) is 25.3 Å². The number of allylic oxidation sites excluding steroid dienone is 1. The highest BCUT2D eigenvalue weighted by Gasteiger charge is 2.43. The van der Waals surface area contributed by atoms with Gasteiger partial charge in [-0.05, 0) is 66.3 Å². The van der Waals surface area contributed by atoms with Gasteiger partial charge in [-0.25, -0.2) is 5.01 Å². The predicted octanol–water partition coefficient (Wildman–Crippen LogP) is 5.07. The number of hydrogen-bond donors (Lipinski definition) is 0.